The van der Waals surface area contributed by atoms with Gasteiger partial charge in [0.15, 0.2) is 0 Å². The van der Waals surface area contributed by atoms with Gasteiger partial charge in [-0.05, 0) is 33.6 Å². The topological polar surface area (TPSA) is 59.0 Å². The van der Waals surface area contributed by atoms with Crippen LogP contribution in [-0.4, -0.2) is 34.3 Å². The first-order chi connectivity index (χ1) is 8.49. The van der Waals surface area contributed by atoms with Crippen molar-refractivity contribution in [1.82, 2.24) is 20.4 Å². The highest BCUT2D eigenvalue weighted by molar-refractivity contribution is 5.96. The van der Waals surface area contributed by atoms with Gasteiger partial charge in [0, 0.05) is 31.4 Å². The number of rotatable bonds is 2. The minimum absolute atomic E-state index is 0.000506. The molecule has 1 aliphatic rings. The Kier molecular flexibility index (Phi) is 3.71. The van der Waals surface area contributed by atoms with Crippen molar-refractivity contribution >= 4 is 5.91 Å². The maximum absolute atomic E-state index is 12.3. The van der Waals surface area contributed by atoms with Gasteiger partial charge in [-0.2, -0.15) is 5.10 Å². The number of aromatic nitrogens is 2. The molecule has 1 saturated heterocycles. The van der Waals surface area contributed by atoms with Crippen LogP contribution in [0.25, 0.3) is 0 Å². The van der Waals surface area contributed by atoms with E-state index in [4.69, 9.17) is 0 Å². The number of amides is 1. The third kappa shape index (κ3) is 2.56. The van der Waals surface area contributed by atoms with Crippen LogP contribution in [0.2, 0.25) is 0 Å². The highest BCUT2D eigenvalue weighted by atomic mass is 16.1. The van der Waals surface area contributed by atoms with Crippen molar-refractivity contribution in [2.24, 2.45) is 7.05 Å². The average molecular weight is 250 g/mol. The van der Waals surface area contributed by atoms with Crippen molar-refractivity contribution < 1.29 is 4.79 Å². The molecule has 0 saturated carbocycles. The smallest absolute Gasteiger partial charge is 0.255 e. The molecular weight excluding hydrogens is 228 g/mol. The van der Waals surface area contributed by atoms with Crippen LogP contribution in [0.15, 0.2) is 0 Å². The fourth-order valence-electron chi connectivity index (χ4n) is 2.48. The van der Waals surface area contributed by atoms with Crippen molar-refractivity contribution in [3.8, 4) is 0 Å². The van der Waals surface area contributed by atoms with E-state index in [9.17, 15) is 4.79 Å². The van der Waals surface area contributed by atoms with E-state index in [0.29, 0.717) is 6.04 Å². The Labute approximate surface area is 108 Å². The molecule has 0 aliphatic carbocycles. The summed E-state index contributed by atoms with van der Waals surface area (Å²) in [7, 11) is 1.86. The Morgan fingerprint density at radius 1 is 1.44 bits per heavy atom. The maximum Gasteiger partial charge on any atom is 0.255 e. The minimum Gasteiger partial charge on any atom is -0.348 e. The van der Waals surface area contributed by atoms with Crippen LogP contribution < -0.4 is 10.6 Å². The number of carbonyl (C=O) groups excluding carboxylic acids is 1. The van der Waals surface area contributed by atoms with Gasteiger partial charge in [0.05, 0.1) is 11.3 Å². The van der Waals surface area contributed by atoms with Crippen LogP contribution in [0.3, 0.4) is 0 Å². The molecule has 2 unspecified atom stereocenters. The van der Waals surface area contributed by atoms with E-state index >= 15 is 0 Å². The number of piperidine rings is 1. The first kappa shape index (κ1) is 13.1. The van der Waals surface area contributed by atoms with E-state index in [1.54, 1.807) is 4.68 Å². The van der Waals surface area contributed by atoms with Crippen LogP contribution in [0.5, 0.6) is 0 Å². The maximum atomic E-state index is 12.3. The molecule has 2 atom stereocenters. The monoisotopic (exact) mass is 250 g/mol. The van der Waals surface area contributed by atoms with Crippen molar-refractivity contribution in [2.75, 3.05) is 6.54 Å². The molecule has 1 fully saturated rings. The summed E-state index contributed by atoms with van der Waals surface area (Å²) in [6.07, 6.45) is 2.15. The highest BCUT2D eigenvalue weighted by Crippen LogP contribution is 2.13. The summed E-state index contributed by atoms with van der Waals surface area (Å²) in [5, 5.41) is 10.8. The van der Waals surface area contributed by atoms with Gasteiger partial charge in [0.25, 0.3) is 5.91 Å². The number of hydrogen-bond donors (Lipinski definition) is 2. The van der Waals surface area contributed by atoms with Crippen molar-refractivity contribution in [3.05, 3.63) is 17.0 Å². The van der Waals surface area contributed by atoms with E-state index < -0.39 is 0 Å². The third-order valence-corrected chi connectivity index (χ3v) is 3.73. The lowest BCUT2D eigenvalue weighted by atomic mass is 10.0. The second kappa shape index (κ2) is 5.10. The first-order valence-corrected chi connectivity index (χ1v) is 6.53. The number of nitrogens with one attached hydrogen (secondary N) is 2. The molecule has 2 rings (SSSR count). The Morgan fingerprint density at radius 2 is 2.17 bits per heavy atom. The summed E-state index contributed by atoms with van der Waals surface area (Å²) in [4.78, 5) is 12.3. The van der Waals surface area contributed by atoms with Crippen LogP contribution in [0.1, 0.15) is 41.5 Å². The zero-order valence-corrected chi connectivity index (χ0v) is 11.6. The lowest BCUT2D eigenvalue weighted by molar-refractivity contribution is 0.0926. The average Bonchev–Trinajstić information content (AvgIpc) is 2.56. The normalized spacial score (nSPS) is 24.0. The Balaban J connectivity index is 2.04. The summed E-state index contributed by atoms with van der Waals surface area (Å²) < 4.78 is 1.76. The molecule has 1 amide bonds. The fraction of sp³-hybridized carbons (Fsp3) is 0.692. The Morgan fingerprint density at radius 3 is 2.67 bits per heavy atom. The van der Waals surface area contributed by atoms with Gasteiger partial charge in [-0.15, -0.1) is 0 Å². The number of nitrogens with zero attached hydrogens (tertiary/aromatic N) is 2. The summed E-state index contributed by atoms with van der Waals surface area (Å²) in [6, 6.07) is 0.785. The van der Waals surface area contributed by atoms with E-state index in [-0.39, 0.29) is 11.9 Å². The molecule has 2 heterocycles. The van der Waals surface area contributed by atoms with Gasteiger partial charge < -0.3 is 10.6 Å². The third-order valence-electron chi connectivity index (χ3n) is 3.73. The quantitative estimate of drug-likeness (QED) is 0.820. The molecule has 0 radical (unpaired) electrons. The number of hydrogen-bond acceptors (Lipinski definition) is 3. The molecule has 18 heavy (non-hydrogen) atoms. The van der Waals surface area contributed by atoms with E-state index in [1.165, 1.54) is 0 Å². The van der Waals surface area contributed by atoms with Crippen LogP contribution in [0, 0.1) is 13.8 Å². The highest BCUT2D eigenvalue weighted by Gasteiger charge is 2.23. The zero-order valence-electron chi connectivity index (χ0n) is 11.6. The summed E-state index contributed by atoms with van der Waals surface area (Å²) >= 11 is 0. The molecular formula is C13H22N4O. The van der Waals surface area contributed by atoms with Crippen LogP contribution in [0.4, 0.5) is 0 Å². The summed E-state index contributed by atoms with van der Waals surface area (Å²) in [6.45, 7) is 6.83. The first-order valence-electron chi connectivity index (χ1n) is 6.53. The Hall–Kier alpha value is -1.36. The fourth-order valence-corrected chi connectivity index (χ4v) is 2.48. The van der Waals surface area contributed by atoms with E-state index in [1.807, 2.05) is 20.9 Å². The number of carbonyl (C=O) groups is 1. The molecule has 1 aromatic rings. The molecule has 100 valence electrons. The molecule has 0 bridgehead atoms. The van der Waals surface area contributed by atoms with Gasteiger partial charge in [-0.25, -0.2) is 0 Å². The van der Waals surface area contributed by atoms with E-state index in [2.05, 4.69) is 22.7 Å². The molecule has 0 spiro atoms. The van der Waals surface area contributed by atoms with Crippen molar-refractivity contribution in [1.29, 1.82) is 0 Å². The lowest BCUT2D eigenvalue weighted by Crippen LogP contribution is -2.48. The summed E-state index contributed by atoms with van der Waals surface area (Å²) in [5.74, 6) is -0.000506. The van der Waals surface area contributed by atoms with Gasteiger partial charge in [-0.1, -0.05) is 0 Å². The second-order valence-corrected chi connectivity index (χ2v) is 5.23. The van der Waals surface area contributed by atoms with Crippen molar-refractivity contribution in [3.63, 3.8) is 0 Å². The van der Waals surface area contributed by atoms with E-state index in [0.717, 1.165) is 36.3 Å². The predicted octanol–water partition coefficient (Wildman–Crippen LogP) is 0.907. The Bertz CT molecular complexity index is 444. The zero-order chi connectivity index (χ0) is 13.3. The van der Waals surface area contributed by atoms with Crippen LogP contribution >= 0.6 is 0 Å². The lowest BCUT2D eigenvalue weighted by Gasteiger charge is -2.28. The van der Waals surface area contributed by atoms with Crippen molar-refractivity contribution in [2.45, 2.75) is 45.7 Å². The molecule has 1 aromatic heterocycles. The molecule has 2 N–H and O–H groups in total. The van der Waals surface area contributed by atoms with Gasteiger partial charge in [0.2, 0.25) is 0 Å². The molecule has 1 aliphatic heterocycles. The minimum atomic E-state index is -0.000506. The molecule has 5 nitrogen and oxygen atoms in total. The van der Waals surface area contributed by atoms with Crippen LogP contribution in [-0.2, 0) is 7.05 Å². The molecule has 5 heteroatoms. The summed E-state index contributed by atoms with van der Waals surface area (Å²) in [5.41, 5.74) is 2.43. The van der Waals surface area contributed by atoms with Gasteiger partial charge in [0.1, 0.15) is 0 Å². The second-order valence-electron chi connectivity index (χ2n) is 5.23. The molecule has 0 aromatic carbocycles. The predicted molar refractivity (Wildman–Crippen MR) is 70.6 cm³/mol. The standard InChI is InChI=1S/C13H22N4O/c1-8-5-6-11(7-14-8)15-13(18)12-9(2)16-17(4)10(12)3/h8,11,14H,5-7H2,1-4H3,(H,15,18). The van der Waals surface area contributed by atoms with Gasteiger partial charge in [-0.3, -0.25) is 9.48 Å². The van der Waals surface area contributed by atoms with Gasteiger partial charge >= 0.3 is 0 Å². The largest absolute Gasteiger partial charge is 0.348 e. The SMILES string of the molecule is Cc1nn(C)c(C)c1C(=O)NC1CCC(C)NC1. The number of aryl methyl sites for hydroxylation is 2.